The van der Waals surface area contributed by atoms with Crippen LogP contribution in [0.15, 0.2) is 20.7 Å². The molecule has 20 heavy (non-hydrogen) atoms. The minimum Gasteiger partial charge on any atom is -0.390 e. The van der Waals surface area contributed by atoms with Crippen LogP contribution in [0.1, 0.15) is 26.2 Å². The maximum atomic E-state index is 12.4. The quantitative estimate of drug-likeness (QED) is 0.646. The zero-order chi connectivity index (χ0) is 15.0. The van der Waals surface area contributed by atoms with Gasteiger partial charge in [0.2, 0.25) is 10.0 Å². The third kappa shape index (κ3) is 3.00. The van der Waals surface area contributed by atoms with Gasteiger partial charge in [-0.1, -0.05) is 0 Å². The Morgan fingerprint density at radius 1 is 1.30 bits per heavy atom. The Bertz CT molecular complexity index is 703. The average Bonchev–Trinajstić information content (AvgIpc) is 2.50. The molecule has 1 aliphatic heterocycles. The van der Waals surface area contributed by atoms with E-state index in [0.29, 0.717) is 19.3 Å². The first-order chi connectivity index (χ1) is 9.22. The molecule has 1 aliphatic rings. The van der Waals surface area contributed by atoms with E-state index >= 15 is 0 Å². The van der Waals surface area contributed by atoms with Crippen molar-refractivity contribution >= 4 is 10.0 Å². The first-order valence-corrected chi connectivity index (χ1v) is 7.71. The molecule has 0 aromatic carbocycles. The second-order valence-corrected chi connectivity index (χ2v) is 7.10. The monoisotopic (exact) mass is 303 g/mol. The molecule has 3 N–H and O–H groups in total. The van der Waals surface area contributed by atoms with E-state index in [9.17, 15) is 23.1 Å². The molecule has 1 fully saturated rings. The second-order valence-electron chi connectivity index (χ2n) is 5.19. The molecule has 2 heterocycles. The summed E-state index contributed by atoms with van der Waals surface area (Å²) in [6.45, 7) is 2.03. The number of aliphatic hydroxyl groups is 1. The van der Waals surface area contributed by atoms with E-state index in [-0.39, 0.29) is 13.1 Å². The Labute approximate surface area is 115 Å². The predicted molar refractivity (Wildman–Crippen MR) is 70.9 cm³/mol. The molecule has 1 aromatic rings. The minimum atomic E-state index is -3.97. The first kappa shape index (κ1) is 14.9. The number of hydrogen-bond acceptors (Lipinski definition) is 5. The van der Waals surface area contributed by atoms with Gasteiger partial charge in [0.1, 0.15) is 0 Å². The summed E-state index contributed by atoms with van der Waals surface area (Å²) < 4.78 is 25.9. The second kappa shape index (κ2) is 5.15. The fourth-order valence-electron chi connectivity index (χ4n) is 2.21. The zero-order valence-corrected chi connectivity index (χ0v) is 11.9. The van der Waals surface area contributed by atoms with Crippen LogP contribution in [0.25, 0.3) is 0 Å². The summed E-state index contributed by atoms with van der Waals surface area (Å²) in [7, 11) is -3.97. The molecule has 1 unspecified atom stereocenters. The molecule has 0 radical (unpaired) electrons. The Morgan fingerprint density at radius 2 is 2.00 bits per heavy atom. The molecule has 2 rings (SSSR count). The van der Waals surface area contributed by atoms with Gasteiger partial charge in [0.15, 0.2) is 4.90 Å². The molecule has 0 amide bonds. The number of nitrogens with zero attached hydrogens (tertiary/aromatic N) is 1. The maximum absolute atomic E-state index is 12.4. The molecule has 1 saturated heterocycles. The number of aromatic nitrogens is 2. The van der Waals surface area contributed by atoms with Gasteiger partial charge < -0.3 is 10.1 Å². The normalized spacial score (nSPS) is 25.3. The van der Waals surface area contributed by atoms with Crippen molar-refractivity contribution in [1.29, 1.82) is 0 Å². The van der Waals surface area contributed by atoms with E-state index in [1.807, 2.05) is 4.98 Å². The van der Waals surface area contributed by atoms with Crippen molar-refractivity contribution in [2.45, 2.75) is 36.7 Å². The van der Waals surface area contributed by atoms with E-state index in [4.69, 9.17) is 0 Å². The summed E-state index contributed by atoms with van der Waals surface area (Å²) in [6.07, 6.45) is 2.21. The smallest absolute Gasteiger partial charge is 0.325 e. The molecule has 8 nitrogen and oxygen atoms in total. The fraction of sp³-hybridized carbons (Fsp3) is 0.636. The number of nitrogens with one attached hydrogen (secondary N) is 2. The first-order valence-electron chi connectivity index (χ1n) is 6.27. The summed E-state index contributed by atoms with van der Waals surface area (Å²) in [5.74, 6) is 0. The van der Waals surface area contributed by atoms with E-state index < -0.39 is 31.8 Å². The molecule has 0 bridgehead atoms. The van der Waals surface area contributed by atoms with E-state index in [1.54, 1.807) is 6.92 Å². The summed E-state index contributed by atoms with van der Waals surface area (Å²) >= 11 is 0. The van der Waals surface area contributed by atoms with Gasteiger partial charge in [0, 0.05) is 19.3 Å². The van der Waals surface area contributed by atoms with Crippen molar-refractivity contribution in [2.24, 2.45) is 0 Å². The number of aromatic amines is 2. The lowest BCUT2D eigenvalue weighted by molar-refractivity contribution is 0.0465. The van der Waals surface area contributed by atoms with Crippen molar-refractivity contribution in [3.63, 3.8) is 0 Å². The van der Waals surface area contributed by atoms with Crippen LogP contribution in [0.2, 0.25) is 0 Å². The van der Waals surface area contributed by atoms with Gasteiger partial charge in [-0.25, -0.2) is 13.2 Å². The van der Waals surface area contributed by atoms with Crippen LogP contribution in [-0.2, 0) is 10.0 Å². The third-order valence-corrected chi connectivity index (χ3v) is 5.33. The third-order valence-electron chi connectivity index (χ3n) is 3.43. The molecule has 112 valence electrons. The van der Waals surface area contributed by atoms with E-state index in [2.05, 4.69) is 4.98 Å². The fourth-order valence-corrected chi connectivity index (χ4v) is 3.68. The van der Waals surface area contributed by atoms with Gasteiger partial charge in [-0.15, -0.1) is 0 Å². The van der Waals surface area contributed by atoms with Gasteiger partial charge in [-0.3, -0.25) is 9.78 Å². The lowest BCUT2D eigenvalue weighted by Gasteiger charge is -2.21. The molecular weight excluding hydrogens is 286 g/mol. The standard InChI is InChI=1S/C11H17N3O5S/c1-11(17)3-2-5-14(6-4-11)20(18,19)8-7-12-10(16)13-9(8)15/h7,17H,2-6H2,1H3,(H2,12,13,15,16). The maximum Gasteiger partial charge on any atom is 0.325 e. The summed E-state index contributed by atoms with van der Waals surface area (Å²) in [6, 6.07) is 0. The van der Waals surface area contributed by atoms with E-state index in [0.717, 1.165) is 10.5 Å². The topological polar surface area (TPSA) is 123 Å². The van der Waals surface area contributed by atoms with Crippen LogP contribution in [-0.4, -0.2) is 46.5 Å². The Morgan fingerprint density at radius 3 is 2.65 bits per heavy atom. The summed E-state index contributed by atoms with van der Waals surface area (Å²) in [5.41, 5.74) is -2.60. The average molecular weight is 303 g/mol. The van der Waals surface area contributed by atoms with Crippen molar-refractivity contribution in [3.8, 4) is 0 Å². The van der Waals surface area contributed by atoms with Gasteiger partial charge in [-0.2, -0.15) is 4.31 Å². The molecule has 1 aromatic heterocycles. The molecule has 0 spiro atoms. The molecule has 1 atom stereocenters. The number of H-pyrrole nitrogens is 2. The zero-order valence-electron chi connectivity index (χ0n) is 11.0. The van der Waals surface area contributed by atoms with Gasteiger partial charge >= 0.3 is 5.69 Å². The lowest BCUT2D eigenvalue weighted by atomic mass is 9.98. The summed E-state index contributed by atoms with van der Waals surface area (Å²) in [4.78, 5) is 26.1. The van der Waals surface area contributed by atoms with Gasteiger partial charge in [-0.05, 0) is 26.2 Å². The Kier molecular flexibility index (Phi) is 3.85. The van der Waals surface area contributed by atoms with Crippen molar-refractivity contribution in [3.05, 3.63) is 27.0 Å². The van der Waals surface area contributed by atoms with E-state index in [1.165, 1.54) is 0 Å². The molecular formula is C11H17N3O5S. The number of rotatable bonds is 2. The van der Waals surface area contributed by atoms with Crippen LogP contribution < -0.4 is 11.2 Å². The van der Waals surface area contributed by atoms with Crippen LogP contribution in [0, 0.1) is 0 Å². The van der Waals surface area contributed by atoms with Crippen LogP contribution in [0.3, 0.4) is 0 Å². The largest absolute Gasteiger partial charge is 0.390 e. The highest BCUT2D eigenvalue weighted by Gasteiger charge is 2.32. The highest BCUT2D eigenvalue weighted by molar-refractivity contribution is 7.89. The van der Waals surface area contributed by atoms with Crippen LogP contribution >= 0.6 is 0 Å². The Hall–Kier alpha value is -1.45. The van der Waals surface area contributed by atoms with Crippen LogP contribution in [0.5, 0.6) is 0 Å². The molecule has 9 heteroatoms. The van der Waals surface area contributed by atoms with Crippen molar-refractivity contribution in [1.82, 2.24) is 14.3 Å². The lowest BCUT2D eigenvalue weighted by Crippen LogP contribution is -2.37. The molecule has 0 saturated carbocycles. The summed E-state index contributed by atoms with van der Waals surface area (Å²) in [5, 5.41) is 9.96. The highest BCUT2D eigenvalue weighted by Crippen LogP contribution is 2.24. The Balaban J connectivity index is 2.35. The van der Waals surface area contributed by atoms with Gasteiger partial charge in [0.05, 0.1) is 5.60 Å². The SMILES string of the molecule is CC1(O)CCCN(S(=O)(=O)c2c[nH]c(=O)[nH]c2=O)CC1. The molecule has 0 aliphatic carbocycles. The van der Waals surface area contributed by atoms with Crippen LogP contribution in [0.4, 0.5) is 0 Å². The van der Waals surface area contributed by atoms with Crippen molar-refractivity contribution in [2.75, 3.05) is 13.1 Å². The number of hydrogen-bond donors (Lipinski definition) is 3. The predicted octanol–water partition coefficient (Wildman–Crippen LogP) is -1.01. The highest BCUT2D eigenvalue weighted by atomic mass is 32.2. The number of sulfonamides is 1. The minimum absolute atomic E-state index is 0.133. The van der Waals surface area contributed by atoms with Crippen molar-refractivity contribution < 1.29 is 13.5 Å². The van der Waals surface area contributed by atoms with Gasteiger partial charge in [0.25, 0.3) is 5.56 Å².